The van der Waals surface area contributed by atoms with E-state index in [0.717, 1.165) is 0 Å². The second-order valence-electron chi connectivity index (χ2n) is 9.57. The van der Waals surface area contributed by atoms with E-state index in [4.69, 9.17) is 15.2 Å². The van der Waals surface area contributed by atoms with Crippen LogP contribution in [0.1, 0.15) is 53.0 Å². The Morgan fingerprint density at radius 1 is 0.900 bits per heavy atom. The summed E-state index contributed by atoms with van der Waals surface area (Å²) in [5.41, 5.74) is 6.12. The summed E-state index contributed by atoms with van der Waals surface area (Å²) in [4.78, 5) is 71.7. The highest BCUT2D eigenvalue weighted by Gasteiger charge is 2.28. The van der Waals surface area contributed by atoms with E-state index in [1.807, 2.05) is 0 Å². The highest BCUT2D eigenvalue weighted by molar-refractivity contribution is 5.98. The largest absolute Gasteiger partial charge is 0.462 e. The molecule has 1 rings (SSSR count). The van der Waals surface area contributed by atoms with Crippen molar-refractivity contribution in [2.45, 2.75) is 72.3 Å². The fourth-order valence-electron chi connectivity index (χ4n) is 3.36. The van der Waals surface area contributed by atoms with Crippen molar-refractivity contribution in [2.24, 2.45) is 11.7 Å². The van der Waals surface area contributed by atoms with E-state index in [1.165, 1.54) is 6.92 Å². The molecule has 0 aliphatic rings. The normalized spacial score (nSPS) is 12.1. The van der Waals surface area contributed by atoms with Crippen molar-refractivity contribution in [1.29, 1.82) is 0 Å². The molecule has 222 valence electrons. The van der Waals surface area contributed by atoms with Crippen LogP contribution < -0.4 is 32.3 Å². The molecule has 7 N–H and O–H groups in total. The number of rotatable bonds is 15. The number of ether oxygens (including phenoxy) is 2. The van der Waals surface area contributed by atoms with E-state index >= 15 is 0 Å². The van der Waals surface area contributed by atoms with Crippen LogP contribution in [0.3, 0.4) is 0 Å². The first kappa shape index (κ1) is 33.7. The molecule has 2 atom stereocenters. The predicted octanol–water partition coefficient (Wildman–Crippen LogP) is 0.897. The van der Waals surface area contributed by atoms with Crippen molar-refractivity contribution in [2.75, 3.05) is 18.4 Å². The Balaban J connectivity index is 2.76. The van der Waals surface area contributed by atoms with Gasteiger partial charge in [0.25, 0.3) is 0 Å². The van der Waals surface area contributed by atoms with Crippen molar-refractivity contribution in [3.05, 3.63) is 29.8 Å². The first-order chi connectivity index (χ1) is 18.8. The van der Waals surface area contributed by atoms with Gasteiger partial charge in [0.05, 0.1) is 6.10 Å². The van der Waals surface area contributed by atoms with Crippen LogP contribution in [0.15, 0.2) is 24.3 Å². The number of nitrogens with two attached hydrogens (primary N) is 1. The van der Waals surface area contributed by atoms with Gasteiger partial charge >= 0.3 is 18.1 Å². The number of primary amides is 1. The van der Waals surface area contributed by atoms with Gasteiger partial charge < -0.3 is 41.8 Å². The average molecular weight is 565 g/mol. The van der Waals surface area contributed by atoms with Gasteiger partial charge in [-0.25, -0.2) is 9.59 Å². The lowest BCUT2D eigenvalue weighted by atomic mass is 10.0. The summed E-state index contributed by atoms with van der Waals surface area (Å²) in [5, 5.41) is 12.7. The van der Waals surface area contributed by atoms with Crippen molar-refractivity contribution < 1.29 is 38.2 Å². The molecular formula is C26H40N6O8. The Labute approximate surface area is 233 Å². The molecular weight excluding hydrogens is 524 g/mol. The van der Waals surface area contributed by atoms with Crippen LogP contribution in [0.4, 0.5) is 15.3 Å². The standard InChI is InChI=1S/C26H40N6O8/c1-15(2)22(30-17(5)33)24(36)32-20(7-6-12-28-25(27)37)23(35)31-19-10-8-18(9-11-19)14-39-26(38)29-13-21(34)40-16(3)4/h8-11,15-16,20,22H,6-7,12-14H2,1-5H3,(H,29,38)(H,30,33)(H,31,35)(H,32,36)(H3,27,28,37). The van der Waals surface area contributed by atoms with Gasteiger partial charge in [0.2, 0.25) is 17.7 Å². The molecule has 2 unspecified atom stereocenters. The number of anilines is 1. The zero-order valence-corrected chi connectivity index (χ0v) is 23.5. The molecule has 0 saturated carbocycles. The molecule has 0 aliphatic carbocycles. The number of esters is 1. The van der Waals surface area contributed by atoms with Crippen LogP contribution >= 0.6 is 0 Å². The molecule has 0 spiro atoms. The molecule has 6 amide bonds. The number of alkyl carbamates (subject to hydrolysis) is 1. The van der Waals surface area contributed by atoms with E-state index < -0.39 is 42.0 Å². The van der Waals surface area contributed by atoms with E-state index in [0.29, 0.717) is 17.7 Å². The first-order valence-corrected chi connectivity index (χ1v) is 12.9. The number of hydrogen-bond donors (Lipinski definition) is 6. The average Bonchev–Trinajstić information content (AvgIpc) is 2.86. The summed E-state index contributed by atoms with van der Waals surface area (Å²) in [7, 11) is 0. The fraction of sp³-hybridized carbons (Fsp3) is 0.538. The summed E-state index contributed by atoms with van der Waals surface area (Å²) in [6.45, 7) is 8.02. The minimum atomic E-state index is -0.966. The van der Waals surface area contributed by atoms with Crippen molar-refractivity contribution in [3.8, 4) is 0 Å². The number of carbonyl (C=O) groups excluding carboxylic acids is 6. The van der Waals surface area contributed by atoms with Gasteiger partial charge in [-0.2, -0.15) is 0 Å². The maximum atomic E-state index is 13.0. The summed E-state index contributed by atoms with van der Waals surface area (Å²) in [6.07, 6.45) is -0.549. The lowest BCUT2D eigenvalue weighted by molar-refractivity contribution is -0.146. The molecule has 1 aromatic rings. The Morgan fingerprint density at radius 3 is 2.10 bits per heavy atom. The number of hydrogen-bond acceptors (Lipinski definition) is 8. The molecule has 1 aromatic carbocycles. The van der Waals surface area contributed by atoms with E-state index in [1.54, 1.807) is 52.0 Å². The van der Waals surface area contributed by atoms with Crippen LogP contribution in [-0.2, 0) is 35.3 Å². The van der Waals surface area contributed by atoms with Crippen molar-refractivity contribution >= 4 is 41.5 Å². The third kappa shape index (κ3) is 14.0. The summed E-state index contributed by atoms with van der Waals surface area (Å²) >= 11 is 0. The predicted molar refractivity (Wildman–Crippen MR) is 146 cm³/mol. The van der Waals surface area contributed by atoms with Gasteiger partial charge in [-0.3, -0.25) is 19.2 Å². The van der Waals surface area contributed by atoms with Gasteiger partial charge in [-0.15, -0.1) is 0 Å². The van der Waals surface area contributed by atoms with Crippen LogP contribution in [0.5, 0.6) is 0 Å². The lowest BCUT2D eigenvalue weighted by Crippen LogP contribution is -2.54. The molecule has 0 radical (unpaired) electrons. The third-order valence-electron chi connectivity index (χ3n) is 5.25. The molecule has 14 heteroatoms. The third-order valence-corrected chi connectivity index (χ3v) is 5.25. The molecule has 0 heterocycles. The van der Waals surface area contributed by atoms with Crippen molar-refractivity contribution in [1.82, 2.24) is 21.3 Å². The molecule has 0 saturated heterocycles. The molecule has 0 bridgehead atoms. The van der Waals surface area contributed by atoms with Gasteiger partial charge in [0.15, 0.2) is 0 Å². The molecule has 40 heavy (non-hydrogen) atoms. The van der Waals surface area contributed by atoms with Crippen molar-refractivity contribution in [3.63, 3.8) is 0 Å². The minimum Gasteiger partial charge on any atom is -0.462 e. The quantitative estimate of drug-likeness (QED) is 0.133. The van der Waals surface area contributed by atoms with Gasteiger partial charge in [-0.1, -0.05) is 26.0 Å². The summed E-state index contributed by atoms with van der Waals surface area (Å²) in [6, 6.07) is 3.94. The van der Waals surface area contributed by atoms with Crippen LogP contribution in [0.2, 0.25) is 0 Å². The Hall–Kier alpha value is -4.36. The van der Waals surface area contributed by atoms with E-state index in [2.05, 4.69) is 26.6 Å². The Bertz CT molecular complexity index is 1030. The fourth-order valence-corrected chi connectivity index (χ4v) is 3.36. The summed E-state index contributed by atoms with van der Waals surface area (Å²) < 4.78 is 9.98. The SMILES string of the molecule is CC(=O)NC(C(=O)NC(CCCNC(N)=O)C(=O)Nc1ccc(COC(=O)NCC(=O)OC(C)C)cc1)C(C)C. The van der Waals surface area contributed by atoms with Crippen LogP contribution in [-0.4, -0.2) is 67.1 Å². The Kier molecular flexibility index (Phi) is 14.5. The van der Waals surface area contributed by atoms with Gasteiger partial charge in [-0.05, 0) is 50.3 Å². The molecule has 0 aromatic heterocycles. The zero-order valence-electron chi connectivity index (χ0n) is 23.5. The highest BCUT2D eigenvalue weighted by Crippen LogP contribution is 2.13. The smallest absolute Gasteiger partial charge is 0.407 e. The molecule has 14 nitrogen and oxygen atoms in total. The molecule has 0 aliphatic heterocycles. The Morgan fingerprint density at radius 2 is 1.55 bits per heavy atom. The number of carbonyl (C=O) groups is 6. The summed E-state index contributed by atoms with van der Waals surface area (Å²) in [5.74, 6) is -2.21. The maximum Gasteiger partial charge on any atom is 0.407 e. The number of urea groups is 1. The van der Waals surface area contributed by atoms with Gasteiger partial charge in [0, 0.05) is 19.2 Å². The zero-order chi connectivity index (χ0) is 30.2. The van der Waals surface area contributed by atoms with Crippen LogP contribution in [0, 0.1) is 5.92 Å². The second kappa shape index (κ2) is 17.3. The first-order valence-electron chi connectivity index (χ1n) is 12.9. The second-order valence-corrected chi connectivity index (χ2v) is 9.57. The molecule has 0 fully saturated rings. The maximum absolute atomic E-state index is 13.0. The monoisotopic (exact) mass is 564 g/mol. The lowest BCUT2D eigenvalue weighted by Gasteiger charge is -2.25. The topological polar surface area (TPSA) is 207 Å². The number of benzene rings is 1. The van der Waals surface area contributed by atoms with E-state index in [9.17, 15) is 28.8 Å². The number of amides is 6. The van der Waals surface area contributed by atoms with Gasteiger partial charge in [0.1, 0.15) is 25.2 Å². The van der Waals surface area contributed by atoms with E-state index in [-0.39, 0.29) is 44.0 Å². The highest BCUT2D eigenvalue weighted by atomic mass is 16.6. The van der Waals surface area contributed by atoms with Crippen LogP contribution in [0.25, 0.3) is 0 Å². The minimum absolute atomic E-state index is 0.0788. The number of nitrogens with one attached hydrogen (secondary N) is 5.